The van der Waals surface area contributed by atoms with Gasteiger partial charge in [0.05, 0.1) is 6.61 Å². The number of anilines is 1. The molecular weight excluding hydrogens is 216 g/mol. The number of nitrogen functional groups attached to an aromatic ring is 1. The molecule has 1 aromatic carbocycles. The quantitative estimate of drug-likeness (QED) is 0.877. The summed E-state index contributed by atoms with van der Waals surface area (Å²) in [5, 5.41) is 3.91. The van der Waals surface area contributed by atoms with Gasteiger partial charge in [0, 0.05) is 11.6 Å². The van der Waals surface area contributed by atoms with Crippen LogP contribution in [0, 0.1) is 5.92 Å². The molecule has 0 saturated heterocycles. The monoisotopic (exact) mass is 230 g/mol. The van der Waals surface area contributed by atoms with Crippen LogP contribution in [0.1, 0.15) is 12.8 Å². The number of rotatable bonds is 4. The Balaban J connectivity index is 1.86. The van der Waals surface area contributed by atoms with Crippen LogP contribution in [0.3, 0.4) is 0 Å². The lowest BCUT2D eigenvalue weighted by Crippen LogP contribution is -2.00. The molecule has 0 amide bonds. The molecule has 0 spiro atoms. The Kier molecular flexibility index (Phi) is 2.48. The summed E-state index contributed by atoms with van der Waals surface area (Å²) in [6, 6.07) is 9.51. The van der Waals surface area contributed by atoms with Gasteiger partial charge in [-0.05, 0) is 30.9 Å². The van der Waals surface area contributed by atoms with Crippen molar-refractivity contribution in [2.75, 3.05) is 12.3 Å². The standard InChI is InChI=1S/C13H14N2O2/c14-13-7-11(15-17-13)10-3-1-2-4-12(10)16-8-9-5-6-9/h1-4,7,9H,5-6,8,14H2. The van der Waals surface area contributed by atoms with E-state index in [1.807, 2.05) is 24.3 Å². The van der Waals surface area contributed by atoms with Crippen LogP contribution in [0.5, 0.6) is 5.75 Å². The number of hydrogen-bond donors (Lipinski definition) is 1. The molecule has 17 heavy (non-hydrogen) atoms. The fourth-order valence-electron chi connectivity index (χ4n) is 1.71. The van der Waals surface area contributed by atoms with Crippen molar-refractivity contribution in [3.8, 4) is 17.0 Å². The van der Waals surface area contributed by atoms with Crippen LogP contribution < -0.4 is 10.5 Å². The first-order valence-electron chi connectivity index (χ1n) is 5.77. The van der Waals surface area contributed by atoms with E-state index in [9.17, 15) is 0 Å². The molecule has 3 rings (SSSR count). The molecule has 1 aromatic heterocycles. The van der Waals surface area contributed by atoms with Crippen LogP contribution in [0.2, 0.25) is 0 Å². The molecule has 0 unspecified atom stereocenters. The van der Waals surface area contributed by atoms with Gasteiger partial charge in [-0.1, -0.05) is 17.3 Å². The number of para-hydroxylation sites is 1. The highest BCUT2D eigenvalue weighted by molar-refractivity contribution is 5.68. The van der Waals surface area contributed by atoms with E-state index >= 15 is 0 Å². The van der Waals surface area contributed by atoms with E-state index in [2.05, 4.69) is 5.16 Å². The number of ether oxygens (including phenoxy) is 1. The zero-order valence-electron chi connectivity index (χ0n) is 9.43. The minimum absolute atomic E-state index is 0.317. The van der Waals surface area contributed by atoms with Crippen molar-refractivity contribution in [1.82, 2.24) is 5.16 Å². The van der Waals surface area contributed by atoms with E-state index in [4.69, 9.17) is 15.0 Å². The van der Waals surface area contributed by atoms with Crippen LogP contribution in [0.4, 0.5) is 5.88 Å². The van der Waals surface area contributed by atoms with E-state index in [1.165, 1.54) is 12.8 Å². The molecule has 0 atom stereocenters. The van der Waals surface area contributed by atoms with Crippen molar-refractivity contribution in [3.63, 3.8) is 0 Å². The summed E-state index contributed by atoms with van der Waals surface area (Å²) in [5.41, 5.74) is 7.17. The van der Waals surface area contributed by atoms with Gasteiger partial charge in [0.25, 0.3) is 0 Å². The SMILES string of the molecule is Nc1cc(-c2ccccc2OCC2CC2)no1. The number of nitrogens with zero attached hydrogens (tertiary/aromatic N) is 1. The summed E-state index contributed by atoms with van der Waals surface area (Å²) >= 11 is 0. The van der Waals surface area contributed by atoms with Crippen molar-refractivity contribution in [1.29, 1.82) is 0 Å². The van der Waals surface area contributed by atoms with Gasteiger partial charge in [-0.25, -0.2) is 0 Å². The topological polar surface area (TPSA) is 61.3 Å². The van der Waals surface area contributed by atoms with Crippen LogP contribution in [0.15, 0.2) is 34.9 Å². The summed E-state index contributed by atoms with van der Waals surface area (Å²) in [4.78, 5) is 0. The zero-order chi connectivity index (χ0) is 11.7. The van der Waals surface area contributed by atoms with Crippen molar-refractivity contribution in [3.05, 3.63) is 30.3 Å². The van der Waals surface area contributed by atoms with E-state index < -0.39 is 0 Å². The van der Waals surface area contributed by atoms with Crippen LogP contribution in [-0.4, -0.2) is 11.8 Å². The van der Waals surface area contributed by atoms with Crippen LogP contribution in [-0.2, 0) is 0 Å². The summed E-state index contributed by atoms with van der Waals surface area (Å²) in [5.74, 6) is 1.88. The third kappa shape index (κ3) is 2.25. The van der Waals surface area contributed by atoms with Gasteiger partial charge < -0.3 is 15.0 Å². The van der Waals surface area contributed by atoms with Gasteiger partial charge in [0.2, 0.25) is 5.88 Å². The van der Waals surface area contributed by atoms with Crippen molar-refractivity contribution >= 4 is 5.88 Å². The van der Waals surface area contributed by atoms with E-state index in [0.717, 1.165) is 23.8 Å². The summed E-state index contributed by atoms with van der Waals surface area (Å²) in [7, 11) is 0. The second kappa shape index (κ2) is 4.13. The highest BCUT2D eigenvalue weighted by Crippen LogP contribution is 2.33. The third-order valence-corrected chi connectivity index (χ3v) is 2.86. The zero-order valence-corrected chi connectivity index (χ0v) is 9.43. The molecule has 1 saturated carbocycles. The maximum atomic E-state index is 5.80. The van der Waals surface area contributed by atoms with Crippen molar-refractivity contribution < 1.29 is 9.26 Å². The Hall–Kier alpha value is -1.97. The lowest BCUT2D eigenvalue weighted by atomic mass is 10.1. The maximum absolute atomic E-state index is 5.80. The first kappa shape index (κ1) is 10.2. The maximum Gasteiger partial charge on any atom is 0.222 e. The number of hydrogen-bond acceptors (Lipinski definition) is 4. The van der Waals surface area contributed by atoms with Crippen molar-refractivity contribution in [2.24, 2.45) is 5.92 Å². The van der Waals surface area contributed by atoms with E-state index in [1.54, 1.807) is 6.07 Å². The number of benzene rings is 1. The average Bonchev–Trinajstić information content (AvgIpc) is 3.08. The molecule has 4 heteroatoms. The molecule has 0 aliphatic heterocycles. The van der Waals surface area contributed by atoms with Crippen molar-refractivity contribution in [2.45, 2.75) is 12.8 Å². The molecular formula is C13H14N2O2. The Morgan fingerprint density at radius 3 is 2.88 bits per heavy atom. The normalized spacial score (nSPS) is 14.8. The van der Waals surface area contributed by atoms with Gasteiger partial charge in [0.1, 0.15) is 11.4 Å². The highest BCUT2D eigenvalue weighted by Gasteiger charge is 2.22. The largest absolute Gasteiger partial charge is 0.493 e. The lowest BCUT2D eigenvalue weighted by Gasteiger charge is -2.08. The Labute approximate surface area is 99.4 Å². The molecule has 0 bridgehead atoms. The Morgan fingerprint density at radius 2 is 2.18 bits per heavy atom. The number of aromatic nitrogens is 1. The Morgan fingerprint density at radius 1 is 1.35 bits per heavy atom. The van der Waals surface area contributed by atoms with Gasteiger partial charge in [-0.3, -0.25) is 0 Å². The summed E-state index contributed by atoms with van der Waals surface area (Å²) < 4.78 is 10.7. The molecule has 1 aliphatic carbocycles. The summed E-state index contributed by atoms with van der Waals surface area (Å²) in [6.07, 6.45) is 2.55. The van der Waals surface area contributed by atoms with E-state index in [0.29, 0.717) is 11.6 Å². The fraction of sp³-hybridized carbons (Fsp3) is 0.308. The van der Waals surface area contributed by atoms with E-state index in [-0.39, 0.29) is 0 Å². The predicted molar refractivity (Wildman–Crippen MR) is 64.6 cm³/mol. The minimum Gasteiger partial charge on any atom is -0.493 e. The molecule has 0 radical (unpaired) electrons. The van der Waals surface area contributed by atoms with Gasteiger partial charge in [0.15, 0.2) is 0 Å². The van der Waals surface area contributed by atoms with Crippen LogP contribution >= 0.6 is 0 Å². The van der Waals surface area contributed by atoms with Gasteiger partial charge in [-0.15, -0.1) is 0 Å². The molecule has 88 valence electrons. The van der Waals surface area contributed by atoms with Gasteiger partial charge >= 0.3 is 0 Å². The fourth-order valence-corrected chi connectivity index (χ4v) is 1.71. The smallest absolute Gasteiger partial charge is 0.222 e. The Bertz CT molecular complexity index is 518. The molecule has 1 aliphatic rings. The second-order valence-corrected chi connectivity index (χ2v) is 4.37. The molecule has 2 N–H and O–H groups in total. The lowest BCUT2D eigenvalue weighted by molar-refractivity contribution is 0.300. The average molecular weight is 230 g/mol. The first-order chi connectivity index (χ1) is 8.33. The molecule has 1 heterocycles. The van der Waals surface area contributed by atoms with Crippen LogP contribution in [0.25, 0.3) is 11.3 Å². The predicted octanol–water partition coefficient (Wildman–Crippen LogP) is 2.71. The molecule has 1 fully saturated rings. The highest BCUT2D eigenvalue weighted by atomic mass is 16.5. The first-order valence-corrected chi connectivity index (χ1v) is 5.77. The summed E-state index contributed by atoms with van der Waals surface area (Å²) in [6.45, 7) is 0.782. The van der Waals surface area contributed by atoms with Gasteiger partial charge in [-0.2, -0.15) is 0 Å². The molecule has 4 nitrogen and oxygen atoms in total. The third-order valence-electron chi connectivity index (χ3n) is 2.86. The molecule has 2 aromatic rings. The number of nitrogens with two attached hydrogens (primary N) is 1. The second-order valence-electron chi connectivity index (χ2n) is 4.37. The minimum atomic E-state index is 0.317.